The van der Waals surface area contributed by atoms with Crippen LogP contribution in [0.3, 0.4) is 0 Å². The van der Waals surface area contributed by atoms with Crippen molar-refractivity contribution in [1.82, 2.24) is 0 Å². The molecule has 0 fully saturated rings. The Balaban J connectivity index is 1.94. The summed E-state index contributed by atoms with van der Waals surface area (Å²) in [5.74, 6) is 0.0747. The van der Waals surface area contributed by atoms with Gasteiger partial charge in [0.25, 0.3) is 0 Å². The Morgan fingerprint density at radius 2 is 1.80 bits per heavy atom. The van der Waals surface area contributed by atoms with Gasteiger partial charge in [0.1, 0.15) is 11.5 Å². The molecule has 0 aromatic heterocycles. The van der Waals surface area contributed by atoms with Crippen molar-refractivity contribution < 1.29 is 15.0 Å². The van der Waals surface area contributed by atoms with E-state index < -0.39 is 0 Å². The van der Waals surface area contributed by atoms with Crippen LogP contribution in [0, 0.1) is 0 Å². The van der Waals surface area contributed by atoms with Gasteiger partial charge in [-0.1, -0.05) is 30.3 Å². The molecular formula is C17H16O3. The van der Waals surface area contributed by atoms with Crippen LogP contribution in [0.4, 0.5) is 0 Å². The van der Waals surface area contributed by atoms with Crippen molar-refractivity contribution in [3.63, 3.8) is 0 Å². The highest BCUT2D eigenvalue weighted by molar-refractivity contribution is 5.94. The number of hydrogen-bond acceptors (Lipinski definition) is 3. The topological polar surface area (TPSA) is 57.5 Å². The summed E-state index contributed by atoms with van der Waals surface area (Å²) >= 11 is 0. The molecule has 20 heavy (non-hydrogen) atoms. The van der Waals surface area contributed by atoms with E-state index in [0.29, 0.717) is 18.4 Å². The Labute approximate surface area is 117 Å². The standard InChI is InChI=1S/C17H16O3/c18-15(8-6-13-4-2-1-3-5-13)9-7-14-12-16(19)10-11-17(14)20/h1-5,7,9-12,19-20H,6,8H2/b9-7+. The van der Waals surface area contributed by atoms with Crippen LogP contribution in [0.15, 0.2) is 54.6 Å². The van der Waals surface area contributed by atoms with Gasteiger partial charge in [-0.2, -0.15) is 0 Å². The van der Waals surface area contributed by atoms with Crippen molar-refractivity contribution in [2.75, 3.05) is 0 Å². The fourth-order valence-corrected chi connectivity index (χ4v) is 1.85. The lowest BCUT2D eigenvalue weighted by atomic mass is 10.1. The molecule has 0 saturated carbocycles. The van der Waals surface area contributed by atoms with Crippen LogP contribution in [0.25, 0.3) is 6.08 Å². The average Bonchev–Trinajstić information content (AvgIpc) is 2.47. The van der Waals surface area contributed by atoms with Crippen LogP contribution in [0.1, 0.15) is 17.5 Å². The van der Waals surface area contributed by atoms with Crippen molar-refractivity contribution in [3.05, 3.63) is 65.7 Å². The summed E-state index contributed by atoms with van der Waals surface area (Å²) in [4.78, 5) is 11.8. The number of carbonyl (C=O) groups is 1. The summed E-state index contributed by atoms with van der Waals surface area (Å²) in [7, 11) is 0. The highest BCUT2D eigenvalue weighted by Crippen LogP contribution is 2.23. The number of carbonyl (C=O) groups excluding carboxylic acids is 1. The van der Waals surface area contributed by atoms with Gasteiger partial charge in [-0.25, -0.2) is 0 Å². The first kappa shape index (κ1) is 13.9. The molecule has 2 aromatic rings. The predicted octanol–water partition coefficient (Wildman–Crippen LogP) is 3.31. The maximum atomic E-state index is 11.8. The Kier molecular flexibility index (Phi) is 4.56. The van der Waals surface area contributed by atoms with Crippen molar-refractivity contribution in [2.45, 2.75) is 12.8 Å². The first-order chi connectivity index (χ1) is 9.65. The Bertz CT molecular complexity index is 615. The van der Waals surface area contributed by atoms with Gasteiger partial charge < -0.3 is 10.2 Å². The van der Waals surface area contributed by atoms with Gasteiger partial charge in [0.15, 0.2) is 5.78 Å². The van der Waals surface area contributed by atoms with E-state index in [4.69, 9.17) is 0 Å². The van der Waals surface area contributed by atoms with Crippen LogP contribution >= 0.6 is 0 Å². The number of ketones is 1. The predicted molar refractivity (Wildman–Crippen MR) is 78.6 cm³/mol. The summed E-state index contributed by atoms with van der Waals surface area (Å²) in [5, 5.41) is 18.9. The lowest BCUT2D eigenvalue weighted by Crippen LogP contribution is -1.95. The molecule has 0 aliphatic rings. The third-order valence-corrected chi connectivity index (χ3v) is 2.96. The fraction of sp³-hybridized carbons (Fsp3) is 0.118. The molecule has 0 aliphatic carbocycles. The van der Waals surface area contributed by atoms with Crippen molar-refractivity contribution in [1.29, 1.82) is 0 Å². The molecular weight excluding hydrogens is 252 g/mol. The quantitative estimate of drug-likeness (QED) is 0.646. The number of allylic oxidation sites excluding steroid dienone is 1. The first-order valence-corrected chi connectivity index (χ1v) is 6.42. The zero-order valence-electron chi connectivity index (χ0n) is 11.0. The second-order valence-electron chi connectivity index (χ2n) is 4.53. The van der Waals surface area contributed by atoms with E-state index in [0.717, 1.165) is 5.56 Å². The van der Waals surface area contributed by atoms with Gasteiger partial charge in [-0.15, -0.1) is 0 Å². The van der Waals surface area contributed by atoms with Crippen molar-refractivity contribution in [3.8, 4) is 11.5 Å². The summed E-state index contributed by atoms with van der Waals surface area (Å²) in [6.45, 7) is 0. The van der Waals surface area contributed by atoms with Gasteiger partial charge in [0.05, 0.1) is 0 Å². The van der Waals surface area contributed by atoms with Crippen LogP contribution in [0.2, 0.25) is 0 Å². The molecule has 0 saturated heterocycles. The average molecular weight is 268 g/mol. The van der Waals surface area contributed by atoms with Crippen LogP contribution in [-0.4, -0.2) is 16.0 Å². The number of phenolic OH excluding ortho intramolecular Hbond substituents is 2. The molecule has 0 radical (unpaired) electrons. The molecule has 0 unspecified atom stereocenters. The summed E-state index contributed by atoms with van der Waals surface area (Å²) in [6.07, 6.45) is 4.05. The second-order valence-corrected chi connectivity index (χ2v) is 4.53. The molecule has 2 aromatic carbocycles. The molecule has 0 bridgehead atoms. The highest BCUT2D eigenvalue weighted by Gasteiger charge is 2.01. The minimum absolute atomic E-state index is 0.0170. The molecule has 0 spiro atoms. The third-order valence-electron chi connectivity index (χ3n) is 2.96. The molecule has 3 heteroatoms. The Morgan fingerprint density at radius 1 is 1.05 bits per heavy atom. The number of aromatic hydroxyl groups is 2. The zero-order chi connectivity index (χ0) is 14.4. The lowest BCUT2D eigenvalue weighted by Gasteiger charge is -2.00. The third kappa shape index (κ3) is 3.99. The Morgan fingerprint density at radius 3 is 2.55 bits per heavy atom. The van der Waals surface area contributed by atoms with E-state index in [1.54, 1.807) is 0 Å². The van der Waals surface area contributed by atoms with E-state index in [-0.39, 0.29) is 17.3 Å². The van der Waals surface area contributed by atoms with Crippen molar-refractivity contribution in [2.24, 2.45) is 0 Å². The molecule has 0 amide bonds. The number of rotatable bonds is 5. The van der Waals surface area contributed by atoms with Gasteiger partial charge in [0, 0.05) is 12.0 Å². The number of hydrogen-bond donors (Lipinski definition) is 2. The van der Waals surface area contributed by atoms with E-state index in [9.17, 15) is 15.0 Å². The van der Waals surface area contributed by atoms with Crippen LogP contribution in [0.5, 0.6) is 11.5 Å². The molecule has 0 heterocycles. The molecule has 2 N–H and O–H groups in total. The largest absolute Gasteiger partial charge is 0.508 e. The smallest absolute Gasteiger partial charge is 0.156 e. The lowest BCUT2D eigenvalue weighted by molar-refractivity contribution is -0.114. The van der Waals surface area contributed by atoms with Gasteiger partial charge in [-0.3, -0.25) is 4.79 Å². The normalized spacial score (nSPS) is 10.8. The van der Waals surface area contributed by atoms with Gasteiger partial charge in [0.2, 0.25) is 0 Å². The molecule has 2 rings (SSSR count). The van der Waals surface area contributed by atoms with Gasteiger partial charge >= 0.3 is 0 Å². The highest BCUT2D eigenvalue weighted by atomic mass is 16.3. The maximum Gasteiger partial charge on any atom is 0.156 e. The number of phenols is 2. The number of aryl methyl sites for hydroxylation is 1. The van der Waals surface area contributed by atoms with Gasteiger partial charge in [-0.05, 0) is 42.3 Å². The summed E-state index contributed by atoms with van der Waals surface area (Å²) in [5.41, 5.74) is 1.55. The number of benzene rings is 2. The molecule has 0 atom stereocenters. The molecule has 0 aliphatic heterocycles. The van der Waals surface area contributed by atoms with Crippen LogP contribution in [-0.2, 0) is 11.2 Å². The monoisotopic (exact) mass is 268 g/mol. The molecule has 3 nitrogen and oxygen atoms in total. The summed E-state index contributed by atoms with van der Waals surface area (Å²) in [6, 6.07) is 14.0. The first-order valence-electron chi connectivity index (χ1n) is 6.42. The summed E-state index contributed by atoms with van der Waals surface area (Å²) < 4.78 is 0. The van der Waals surface area contributed by atoms with E-state index >= 15 is 0 Å². The van der Waals surface area contributed by atoms with E-state index in [1.165, 1.54) is 30.4 Å². The van der Waals surface area contributed by atoms with Crippen LogP contribution < -0.4 is 0 Å². The minimum Gasteiger partial charge on any atom is -0.508 e. The second kappa shape index (κ2) is 6.57. The minimum atomic E-state index is -0.0170. The fourth-order valence-electron chi connectivity index (χ4n) is 1.85. The zero-order valence-corrected chi connectivity index (χ0v) is 11.0. The van der Waals surface area contributed by atoms with E-state index in [2.05, 4.69) is 0 Å². The molecule has 102 valence electrons. The maximum absolute atomic E-state index is 11.8. The van der Waals surface area contributed by atoms with Crippen molar-refractivity contribution >= 4 is 11.9 Å². The Hall–Kier alpha value is -2.55. The van der Waals surface area contributed by atoms with E-state index in [1.807, 2.05) is 30.3 Å². The SMILES string of the molecule is O=C(/C=C/c1cc(O)ccc1O)CCc1ccccc1.